The Kier molecular flexibility index (Phi) is 3.59. The number of rotatable bonds is 4. The zero-order valence-corrected chi connectivity index (χ0v) is 9.41. The van der Waals surface area contributed by atoms with E-state index in [-0.39, 0.29) is 5.75 Å². The van der Waals surface area contributed by atoms with Crippen LogP contribution in [-0.2, 0) is 0 Å². The average molecular weight is 244 g/mol. The maximum absolute atomic E-state index is 12.5. The summed E-state index contributed by atoms with van der Waals surface area (Å²) in [6, 6.07) is 1.03. The molecule has 0 atom stereocenters. The first-order valence-corrected chi connectivity index (χ1v) is 5.83. The molecule has 0 saturated heterocycles. The lowest BCUT2D eigenvalue weighted by Gasteiger charge is -2.16. The van der Waals surface area contributed by atoms with Gasteiger partial charge in [0.1, 0.15) is 5.75 Å². The molecule has 17 heavy (non-hydrogen) atoms. The van der Waals surface area contributed by atoms with Crippen LogP contribution >= 0.6 is 0 Å². The predicted octanol–water partition coefficient (Wildman–Crippen LogP) is 2.71. The first-order chi connectivity index (χ1) is 8.05. The molecule has 2 nitrogen and oxygen atoms in total. The Balaban J connectivity index is 1.96. The van der Waals surface area contributed by atoms with Crippen LogP contribution in [0.15, 0.2) is 18.5 Å². The Labute approximate surface area is 98.3 Å². The van der Waals surface area contributed by atoms with Gasteiger partial charge in [0.15, 0.2) is 0 Å². The van der Waals surface area contributed by atoms with Gasteiger partial charge in [0.25, 0.3) is 0 Å². The molecule has 94 valence electrons. The van der Waals surface area contributed by atoms with E-state index in [2.05, 4.69) is 4.98 Å². The first kappa shape index (κ1) is 12.3. The molecule has 0 N–H and O–H groups in total. The second-order valence-electron chi connectivity index (χ2n) is 4.49. The Morgan fingerprint density at radius 1 is 1.24 bits per heavy atom. The van der Waals surface area contributed by atoms with Crippen LogP contribution in [0.3, 0.4) is 0 Å². The number of pyridine rings is 1. The number of hydrogen-bond donors (Lipinski definition) is 0. The van der Waals surface area contributed by atoms with Crippen molar-refractivity contribution in [2.24, 2.45) is 5.92 Å². The van der Waals surface area contributed by atoms with Crippen molar-refractivity contribution >= 4 is 12.4 Å². The SMILES string of the molecule is F[B-](F)(F)c1cncc(OCC2CCCC2)c1. The summed E-state index contributed by atoms with van der Waals surface area (Å²) in [6.45, 7) is -4.50. The molecule has 1 fully saturated rings. The van der Waals surface area contributed by atoms with Gasteiger partial charge in [-0.25, -0.2) is 0 Å². The van der Waals surface area contributed by atoms with Gasteiger partial charge in [-0.2, -0.15) is 0 Å². The van der Waals surface area contributed by atoms with Gasteiger partial charge in [-0.3, -0.25) is 4.98 Å². The van der Waals surface area contributed by atoms with Gasteiger partial charge < -0.3 is 17.7 Å². The summed E-state index contributed by atoms with van der Waals surface area (Å²) >= 11 is 0. The fraction of sp³-hybridized carbons (Fsp3) is 0.545. The molecule has 6 heteroatoms. The van der Waals surface area contributed by atoms with Crippen molar-refractivity contribution in [2.45, 2.75) is 25.7 Å². The van der Waals surface area contributed by atoms with E-state index in [0.29, 0.717) is 12.5 Å². The third kappa shape index (κ3) is 3.38. The minimum Gasteiger partial charge on any atom is -0.492 e. The van der Waals surface area contributed by atoms with Crippen LogP contribution in [0.2, 0.25) is 0 Å². The smallest absolute Gasteiger partial charge is 0.492 e. The quantitative estimate of drug-likeness (QED) is 0.759. The molecule has 1 aliphatic rings. The van der Waals surface area contributed by atoms with Gasteiger partial charge in [0.2, 0.25) is 0 Å². The van der Waals surface area contributed by atoms with E-state index in [0.717, 1.165) is 25.1 Å². The van der Waals surface area contributed by atoms with Crippen LogP contribution in [-0.4, -0.2) is 18.6 Å². The number of hydrogen-bond acceptors (Lipinski definition) is 2. The zero-order chi connectivity index (χ0) is 12.3. The summed E-state index contributed by atoms with van der Waals surface area (Å²) in [5, 5.41) is 0. The monoisotopic (exact) mass is 244 g/mol. The standard InChI is InChI=1S/C11H14BF3NO/c13-12(14,15)10-5-11(7-16-6-10)17-8-9-3-1-2-4-9/h5-7,9H,1-4,8H2/q-1. The number of halogens is 3. The lowest BCUT2D eigenvalue weighted by Crippen LogP contribution is -2.34. The predicted molar refractivity (Wildman–Crippen MR) is 60.4 cm³/mol. The van der Waals surface area contributed by atoms with E-state index in [1.165, 1.54) is 19.0 Å². The minimum atomic E-state index is -4.99. The van der Waals surface area contributed by atoms with E-state index < -0.39 is 12.4 Å². The van der Waals surface area contributed by atoms with E-state index in [4.69, 9.17) is 4.74 Å². The summed E-state index contributed by atoms with van der Waals surface area (Å²) in [5.74, 6) is 0.698. The lowest BCUT2D eigenvalue weighted by atomic mass is 9.81. The maximum Gasteiger partial charge on any atom is 0.511 e. The van der Waals surface area contributed by atoms with Gasteiger partial charge in [0, 0.05) is 6.20 Å². The molecule has 0 radical (unpaired) electrons. The zero-order valence-electron chi connectivity index (χ0n) is 9.41. The number of nitrogens with zero attached hydrogens (tertiary/aromatic N) is 1. The molecule has 1 aromatic heterocycles. The van der Waals surface area contributed by atoms with Gasteiger partial charge in [-0.15, -0.1) is 0 Å². The fourth-order valence-electron chi connectivity index (χ4n) is 2.08. The second-order valence-corrected chi connectivity index (χ2v) is 4.49. The Hall–Kier alpha value is -1.20. The largest absolute Gasteiger partial charge is 0.511 e. The van der Waals surface area contributed by atoms with Crippen LogP contribution in [0.4, 0.5) is 12.9 Å². The Morgan fingerprint density at radius 3 is 2.59 bits per heavy atom. The number of ether oxygens (including phenoxy) is 1. The lowest BCUT2D eigenvalue weighted by molar-refractivity contribution is 0.251. The summed E-state index contributed by atoms with van der Waals surface area (Å²) in [4.78, 5) is 3.57. The van der Waals surface area contributed by atoms with Crippen molar-refractivity contribution in [1.82, 2.24) is 4.98 Å². The van der Waals surface area contributed by atoms with Crippen LogP contribution in [0.1, 0.15) is 25.7 Å². The molecule has 0 spiro atoms. The molecule has 1 aromatic rings. The molecule has 1 saturated carbocycles. The molecule has 1 heterocycles. The van der Waals surface area contributed by atoms with Crippen LogP contribution in [0, 0.1) is 5.92 Å². The molecule has 0 unspecified atom stereocenters. The third-order valence-corrected chi connectivity index (χ3v) is 3.07. The molecule has 0 amide bonds. The highest BCUT2D eigenvalue weighted by molar-refractivity contribution is 6.73. The van der Waals surface area contributed by atoms with Gasteiger partial charge in [-0.05, 0) is 24.8 Å². The highest BCUT2D eigenvalue weighted by Crippen LogP contribution is 2.25. The van der Waals surface area contributed by atoms with E-state index >= 15 is 0 Å². The second kappa shape index (κ2) is 4.98. The molecular weight excluding hydrogens is 230 g/mol. The van der Waals surface area contributed by atoms with Crippen molar-refractivity contribution in [1.29, 1.82) is 0 Å². The topological polar surface area (TPSA) is 22.1 Å². The van der Waals surface area contributed by atoms with Gasteiger partial charge in [-0.1, -0.05) is 18.3 Å². The summed E-state index contributed by atoms with van der Waals surface area (Å²) < 4.78 is 42.8. The molecule has 2 rings (SSSR count). The Morgan fingerprint density at radius 2 is 1.94 bits per heavy atom. The molecule has 1 aliphatic carbocycles. The summed E-state index contributed by atoms with van der Waals surface area (Å²) in [7, 11) is 0. The van der Waals surface area contributed by atoms with Crippen molar-refractivity contribution in [3.8, 4) is 5.75 Å². The van der Waals surface area contributed by atoms with Gasteiger partial charge >= 0.3 is 6.98 Å². The summed E-state index contributed by atoms with van der Waals surface area (Å²) in [6.07, 6.45) is 6.77. The van der Waals surface area contributed by atoms with Crippen LogP contribution < -0.4 is 10.2 Å². The van der Waals surface area contributed by atoms with E-state index in [9.17, 15) is 12.9 Å². The highest BCUT2D eigenvalue weighted by Gasteiger charge is 2.26. The van der Waals surface area contributed by atoms with Crippen molar-refractivity contribution in [2.75, 3.05) is 6.61 Å². The number of aromatic nitrogens is 1. The molecule has 0 aromatic carbocycles. The maximum atomic E-state index is 12.5. The van der Waals surface area contributed by atoms with Crippen molar-refractivity contribution in [3.05, 3.63) is 18.5 Å². The van der Waals surface area contributed by atoms with E-state index in [1.807, 2.05) is 0 Å². The van der Waals surface area contributed by atoms with E-state index in [1.54, 1.807) is 0 Å². The van der Waals surface area contributed by atoms with Crippen molar-refractivity contribution in [3.63, 3.8) is 0 Å². The minimum absolute atomic E-state index is 0.216. The Bertz CT molecular complexity index is 377. The molecular formula is C11H14BF3NO-. The van der Waals surface area contributed by atoms with Crippen LogP contribution in [0.5, 0.6) is 5.75 Å². The van der Waals surface area contributed by atoms with Crippen molar-refractivity contribution < 1.29 is 17.7 Å². The fourth-order valence-corrected chi connectivity index (χ4v) is 2.08. The normalized spacial score (nSPS) is 17.4. The third-order valence-electron chi connectivity index (χ3n) is 3.07. The molecule has 0 aliphatic heterocycles. The summed E-state index contributed by atoms with van der Waals surface area (Å²) in [5.41, 5.74) is -0.700. The van der Waals surface area contributed by atoms with Gasteiger partial charge in [0.05, 0.1) is 12.8 Å². The highest BCUT2D eigenvalue weighted by atomic mass is 19.4. The first-order valence-electron chi connectivity index (χ1n) is 5.83. The average Bonchev–Trinajstić information content (AvgIpc) is 2.78. The molecule has 0 bridgehead atoms. The van der Waals surface area contributed by atoms with Crippen LogP contribution in [0.25, 0.3) is 0 Å².